The normalized spacial score (nSPS) is 13.0. The van der Waals surface area contributed by atoms with E-state index in [1.807, 2.05) is 0 Å². The fourth-order valence-corrected chi connectivity index (χ4v) is 1.32. The minimum atomic E-state index is -4.93. The number of hydrogen-bond donors (Lipinski definition) is 2. The molecule has 0 saturated carbocycles. The van der Waals surface area contributed by atoms with Crippen LogP contribution in [-0.4, -0.2) is 23.2 Å². The van der Waals surface area contributed by atoms with E-state index in [1.165, 1.54) is 0 Å². The Balaban J connectivity index is 0.00000196. The number of benzene rings is 1. The van der Waals surface area contributed by atoms with E-state index in [-0.39, 0.29) is 29.6 Å². The Kier molecular flexibility index (Phi) is 5.18. The van der Waals surface area contributed by atoms with Crippen molar-refractivity contribution in [3.63, 3.8) is 0 Å². The van der Waals surface area contributed by atoms with Crippen molar-refractivity contribution in [2.75, 3.05) is 0 Å². The van der Waals surface area contributed by atoms with Crippen molar-refractivity contribution >= 4 is 10.1 Å². The van der Waals surface area contributed by atoms with Gasteiger partial charge in [0.15, 0.2) is 17.0 Å². The Hall–Kier alpha value is -0.180. The summed E-state index contributed by atoms with van der Waals surface area (Å²) in [5, 5.41) is 17.7. The zero-order chi connectivity index (χ0) is 10.9. The van der Waals surface area contributed by atoms with Gasteiger partial charge in [-0.25, -0.2) is 12.8 Å². The average molecular weight is 244 g/mol. The maximum absolute atomic E-state index is 12.7. The van der Waals surface area contributed by atoms with Crippen LogP contribution in [0.25, 0.3) is 0 Å². The minimum absolute atomic E-state index is 0. The van der Waals surface area contributed by atoms with Gasteiger partial charge in [0, 0.05) is 0 Å². The molecule has 1 atom stereocenters. The number of phenolic OH excluding ortho intramolecular Hbond substituents is 1. The van der Waals surface area contributed by atoms with Crippen LogP contribution in [0.4, 0.5) is 4.39 Å². The van der Waals surface area contributed by atoms with Gasteiger partial charge in [0.25, 0.3) is 0 Å². The van der Waals surface area contributed by atoms with E-state index < -0.39 is 32.7 Å². The van der Waals surface area contributed by atoms with Gasteiger partial charge in [-0.15, -0.1) is 0 Å². The Morgan fingerprint density at radius 2 is 1.93 bits per heavy atom. The average Bonchev–Trinajstić information content (AvgIpc) is 2.07. The monoisotopic (exact) mass is 244 g/mol. The standard InChI is InChI=1S/C7H7FO5S.Na/c8-5-3-4(1-2-6(5)9)7(10)14(11,12)13;/h1-3,7,9-10H,(H,11,12,13);/q;+1/p-1. The van der Waals surface area contributed by atoms with Gasteiger partial charge in [0.05, 0.1) is 0 Å². The predicted molar refractivity (Wildman–Crippen MR) is 42.7 cm³/mol. The van der Waals surface area contributed by atoms with Crippen LogP contribution in [0, 0.1) is 5.82 Å². The molecule has 0 aromatic heterocycles. The summed E-state index contributed by atoms with van der Waals surface area (Å²) in [5.41, 5.74) is -2.74. The summed E-state index contributed by atoms with van der Waals surface area (Å²) in [6.07, 6.45) is 0. The molecular formula is C7H6FNaO5S. The van der Waals surface area contributed by atoms with Crippen LogP contribution in [0.1, 0.15) is 11.0 Å². The van der Waals surface area contributed by atoms with Crippen LogP contribution in [0.15, 0.2) is 18.2 Å². The van der Waals surface area contributed by atoms with Gasteiger partial charge in [-0.2, -0.15) is 0 Å². The second-order valence-corrected chi connectivity index (χ2v) is 3.99. The fourth-order valence-electron chi connectivity index (χ4n) is 0.843. The van der Waals surface area contributed by atoms with Crippen LogP contribution < -0.4 is 29.6 Å². The summed E-state index contributed by atoms with van der Waals surface area (Å²) in [6, 6.07) is 2.37. The van der Waals surface area contributed by atoms with E-state index in [0.717, 1.165) is 12.1 Å². The summed E-state index contributed by atoms with van der Waals surface area (Å²) in [7, 11) is -4.93. The van der Waals surface area contributed by atoms with Gasteiger partial charge in [0.1, 0.15) is 10.1 Å². The molecule has 0 amide bonds. The van der Waals surface area contributed by atoms with E-state index in [1.54, 1.807) is 0 Å². The van der Waals surface area contributed by atoms with Gasteiger partial charge in [-0.1, -0.05) is 6.07 Å². The van der Waals surface area contributed by atoms with Crippen molar-refractivity contribution in [3.8, 4) is 5.75 Å². The number of rotatable bonds is 2. The van der Waals surface area contributed by atoms with Gasteiger partial charge < -0.3 is 14.8 Å². The van der Waals surface area contributed by atoms with Gasteiger partial charge in [-0.3, -0.25) is 0 Å². The van der Waals surface area contributed by atoms with Crippen LogP contribution in [0.5, 0.6) is 5.75 Å². The SMILES string of the molecule is O=S(=O)([O-])C(O)c1ccc(O)c(F)c1.[Na+]. The minimum Gasteiger partial charge on any atom is -0.746 e. The molecule has 1 rings (SSSR count). The topological polar surface area (TPSA) is 97.7 Å². The summed E-state index contributed by atoms with van der Waals surface area (Å²) in [5.74, 6) is -1.80. The van der Waals surface area contributed by atoms with Crippen molar-refractivity contribution in [2.24, 2.45) is 0 Å². The molecule has 1 aromatic carbocycles. The zero-order valence-electron chi connectivity index (χ0n) is 7.71. The van der Waals surface area contributed by atoms with Crippen molar-refractivity contribution in [3.05, 3.63) is 29.6 Å². The van der Waals surface area contributed by atoms with Crippen LogP contribution in [-0.2, 0) is 10.1 Å². The number of phenols is 1. The largest absolute Gasteiger partial charge is 1.00 e. The Bertz CT molecular complexity index is 447. The van der Waals surface area contributed by atoms with Gasteiger partial charge >= 0.3 is 29.6 Å². The molecule has 0 aliphatic carbocycles. The molecule has 0 bridgehead atoms. The molecule has 0 heterocycles. The molecule has 78 valence electrons. The number of hydrogen-bond acceptors (Lipinski definition) is 5. The van der Waals surface area contributed by atoms with Crippen LogP contribution >= 0.6 is 0 Å². The zero-order valence-corrected chi connectivity index (χ0v) is 10.5. The molecule has 8 heteroatoms. The van der Waals surface area contributed by atoms with Crippen LogP contribution in [0.2, 0.25) is 0 Å². The summed E-state index contributed by atoms with van der Waals surface area (Å²) >= 11 is 0. The Labute approximate surface area is 108 Å². The van der Waals surface area contributed by atoms with E-state index in [2.05, 4.69) is 0 Å². The quantitative estimate of drug-likeness (QED) is 0.429. The molecular weight excluding hydrogens is 238 g/mol. The molecule has 5 nitrogen and oxygen atoms in total. The first-order chi connectivity index (χ1) is 6.32. The fraction of sp³-hybridized carbons (Fsp3) is 0.143. The van der Waals surface area contributed by atoms with E-state index in [0.29, 0.717) is 6.07 Å². The first kappa shape index (κ1) is 14.8. The molecule has 0 spiro atoms. The molecule has 0 radical (unpaired) electrons. The van der Waals surface area contributed by atoms with E-state index >= 15 is 0 Å². The third kappa shape index (κ3) is 3.71. The molecule has 0 saturated heterocycles. The second-order valence-electron chi connectivity index (χ2n) is 2.56. The predicted octanol–water partition coefficient (Wildman–Crippen LogP) is -2.93. The molecule has 0 aliphatic heterocycles. The third-order valence-corrected chi connectivity index (χ3v) is 2.35. The number of aliphatic hydroxyl groups is 1. The van der Waals surface area contributed by atoms with Gasteiger partial charge in [-0.05, 0) is 17.7 Å². The number of aliphatic hydroxyl groups excluding tert-OH is 1. The summed E-state index contributed by atoms with van der Waals surface area (Å²) < 4.78 is 43.7. The van der Waals surface area contributed by atoms with Crippen molar-refractivity contribution in [1.29, 1.82) is 0 Å². The number of halogens is 1. The van der Waals surface area contributed by atoms with Crippen molar-refractivity contribution in [1.82, 2.24) is 0 Å². The summed E-state index contributed by atoms with van der Waals surface area (Å²) in [4.78, 5) is 0. The van der Waals surface area contributed by atoms with Crippen molar-refractivity contribution < 1.29 is 57.1 Å². The van der Waals surface area contributed by atoms with E-state index in [9.17, 15) is 17.4 Å². The van der Waals surface area contributed by atoms with Gasteiger partial charge in [0.2, 0.25) is 0 Å². The first-order valence-electron chi connectivity index (χ1n) is 3.43. The maximum Gasteiger partial charge on any atom is 1.00 e. The van der Waals surface area contributed by atoms with Crippen LogP contribution in [0.3, 0.4) is 0 Å². The molecule has 2 N–H and O–H groups in total. The maximum atomic E-state index is 12.7. The Morgan fingerprint density at radius 3 is 2.33 bits per heavy atom. The molecule has 15 heavy (non-hydrogen) atoms. The molecule has 1 aromatic rings. The molecule has 0 aliphatic rings. The second kappa shape index (κ2) is 5.24. The molecule has 1 unspecified atom stereocenters. The smallest absolute Gasteiger partial charge is 0.746 e. The van der Waals surface area contributed by atoms with E-state index in [4.69, 9.17) is 10.2 Å². The molecule has 0 fully saturated rings. The Morgan fingerprint density at radius 1 is 1.40 bits per heavy atom. The first-order valence-corrected chi connectivity index (χ1v) is 4.90. The number of aromatic hydroxyl groups is 1. The van der Waals surface area contributed by atoms with Crippen molar-refractivity contribution in [2.45, 2.75) is 5.44 Å². The third-order valence-electron chi connectivity index (χ3n) is 1.53. The summed E-state index contributed by atoms with van der Waals surface area (Å²) in [6.45, 7) is 0.